The van der Waals surface area contributed by atoms with E-state index in [0.29, 0.717) is 16.9 Å². The molecule has 10 heteroatoms. The third-order valence-corrected chi connectivity index (χ3v) is 9.64. The van der Waals surface area contributed by atoms with Gasteiger partial charge in [0.2, 0.25) is 10.0 Å². The van der Waals surface area contributed by atoms with E-state index in [4.69, 9.17) is 4.74 Å². The Bertz CT molecular complexity index is 1220. The van der Waals surface area contributed by atoms with Crippen LogP contribution in [-0.2, 0) is 19.9 Å². The maximum atomic E-state index is 13.4. The summed E-state index contributed by atoms with van der Waals surface area (Å²) in [4.78, 5) is 0.0228. The molecule has 3 aromatic rings. The van der Waals surface area contributed by atoms with Gasteiger partial charge in [-0.05, 0) is 59.8 Å². The molecule has 3 rings (SSSR count). The molecular weight excluding hydrogens is 449 g/mol. The van der Waals surface area contributed by atoms with Gasteiger partial charge in [-0.2, -0.15) is 0 Å². The molecule has 1 atom stereocenters. The first kappa shape index (κ1) is 22.4. The van der Waals surface area contributed by atoms with E-state index in [2.05, 4.69) is 4.72 Å². The molecule has 0 aliphatic carbocycles. The van der Waals surface area contributed by atoms with E-state index in [1.54, 1.807) is 24.4 Å². The molecule has 2 aromatic carbocycles. The van der Waals surface area contributed by atoms with Gasteiger partial charge >= 0.3 is 0 Å². The number of ether oxygens (including phenoxy) is 1. The van der Waals surface area contributed by atoms with Crippen LogP contribution in [-0.4, -0.2) is 30.5 Å². The molecule has 1 aromatic heterocycles. The summed E-state index contributed by atoms with van der Waals surface area (Å²) in [6.45, 7) is 1.22. The summed E-state index contributed by atoms with van der Waals surface area (Å²) in [5.74, 6) is -0.00336. The summed E-state index contributed by atoms with van der Waals surface area (Å²) < 4.78 is 72.9. The zero-order valence-electron chi connectivity index (χ0n) is 16.2. The first-order valence-corrected chi connectivity index (χ1v) is 12.7. The van der Waals surface area contributed by atoms with Crippen LogP contribution in [0.15, 0.2) is 69.1 Å². The first-order valence-electron chi connectivity index (χ1n) is 8.82. The van der Waals surface area contributed by atoms with Crippen LogP contribution in [0.25, 0.3) is 0 Å². The van der Waals surface area contributed by atoms with Crippen LogP contribution < -0.4 is 9.46 Å². The van der Waals surface area contributed by atoms with Crippen molar-refractivity contribution in [3.63, 3.8) is 0 Å². The fourth-order valence-corrected chi connectivity index (χ4v) is 7.21. The van der Waals surface area contributed by atoms with Crippen molar-refractivity contribution in [2.24, 2.45) is 0 Å². The lowest BCUT2D eigenvalue weighted by Crippen LogP contribution is -2.32. The summed E-state index contributed by atoms with van der Waals surface area (Å²) in [5.41, 5.74) is 0.750. The standard InChI is InChI=1S/C20H20FNO5S3/c1-14-12-17(27-2)9-10-18(14)30(25,26)22-13-19(15-5-7-16(21)8-6-15)29(23,24)20-4-3-11-28-20/h3-12,19,22H,13H2,1-2H3. The highest BCUT2D eigenvalue weighted by atomic mass is 32.2. The van der Waals surface area contributed by atoms with Crippen LogP contribution in [0.4, 0.5) is 4.39 Å². The van der Waals surface area contributed by atoms with Crippen molar-refractivity contribution in [3.8, 4) is 5.75 Å². The Morgan fingerprint density at radius 1 is 1.07 bits per heavy atom. The van der Waals surface area contributed by atoms with Gasteiger partial charge in [-0.15, -0.1) is 11.3 Å². The number of nitrogens with one attached hydrogen (secondary N) is 1. The molecular formula is C20H20FNO5S3. The zero-order chi connectivity index (χ0) is 21.9. The van der Waals surface area contributed by atoms with E-state index < -0.39 is 37.5 Å². The summed E-state index contributed by atoms with van der Waals surface area (Å²) >= 11 is 1.04. The predicted molar refractivity (Wildman–Crippen MR) is 114 cm³/mol. The third kappa shape index (κ3) is 4.72. The minimum atomic E-state index is -4.00. The smallest absolute Gasteiger partial charge is 0.240 e. The van der Waals surface area contributed by atoms with Gasteiger partial charge in [-0.1, -0.05) is 18.2 Å². The normalized spacial score (nSPS) is 13.2. The Morgan fingerprint density at radius 2 is 1.77 bits per heavy atom. The molecule has 160 valence electrons. The summed E-state index contributed by atoms with van der Waals surface area (Å²) in [6, 6.07) is 12.5. The van der Waals surface area contributed by atoms with Gasteiger partial charge < -0.3 is 4.74 Å². The van der Waals surface area contributed by atoms with Crippen molar-refractivity contribution in [2.45, 2.75) is 21.3 Å². The van der Waals surface area contributed by atoms with Crippen molar-refractivity contribution < 1.29 is 26.0 Å². The van der Waals surface area contributed by atoms with Crippen LogP contribution in [0, 0.1) is 12.7 Å². The third-order valence-electron chi connectivity index (χ3n) is 4.52. The van der Waals surface area contributed by atoms with Gasteiger partial charge in [-0.25, -0.2) is 25.9 Å². The molecule has 0 spiro atoms. The molecule has 6 nitrogen and oxygen atoms in total. The number of hydrogen-bond acceptors (Lipinski definition) is 6. The van der Waals surface area contributed by atoms with E-state index in [0.717, 1.165) is 23.5 Å². The number of halogens is 1. The monoisotopic (exact) mass is 469 g/mol. The van der Waals surface area contributed by atoms with Gasteiger partial charge in [0.25, 0.3) is 0 Å². The number of rotatable bonds is 8. The lowest BCUT2D eigenvalue weighted by molar-refractivity contribution is 0.414. The van der Waals surface area contributed by atoms with E-state index in [9.17, 15) is 21.2 Å². The van der Waals surface area contributed by atoms with E-state index >= 15 is 0 Å². The Balaban J connectivity index is 1.95. The van der Waals surface area contributed by atoms with Crippen molar-refractivity contribution >= 4 is 31.2 Å². The molecule has 0 fully saturated rings. The highest BCUT2D eigenvalue weighted by Gasteiger charge is 2.32. The second kappa shape index (κ2) is 8.84. The number of methoxy groups -OCH3 is 1. The second-order valence-electron chi connectivity index (χ2n) is 6.50. The number of benzene rings is 2. The Morgan fingerprint density at radius 3 is 2.33 bits per heavy atom. The van der Waals surface area contributed by atoms with Crippen molar-refractivity contribution in [1.82, 2.24) is 4.72 Å². The predicted octanol–water partition coefficient (Wildman–Crippen LogP) is 3.70. The molecule has 1 heterocycles. The van der Waals surface area contributed by atoms with E-state index in [1.165, 1.54) is 37.4 Å². The highest BCUT2D eigenvalue weighted by Crippen LogP contribution is 2.32. The Kier molecular flexibility index (Phi) is 6.61. The van der Waals surface area contributed by atoms with Crippen LogP contribution in [0.3, 0.4) is 0 Å². The largest absolute Gasteiger partial charge is 0.497 e. The SMILES string of the molecule is COc1ccc(S(=O)(=O)NCC(c2ccc(F)cc2)S(=O)(=O)c2cccs2)c(C)c1. The van der Waals surface area contributed by atoms with Crippen LogP contribution >= 0.6 is 11.3 Å². The Labute approximate surface area is 179 Å². The van der Waals surface area contributed by atoms with E-state index in [1.807, 2.05) is 0 Å². The molecule has 30 heavy (non-hydrogen) atoms. The summed E-state index contributed by atoms with van der Waals surface area (Å²) in [7, 11) is -6.42. The average Bonchev–Trinajstić information content (AvgIpc) is 3.24. The van der Waals surface area contributed by atoms with Gasteiger partial charge in [0.05, 0.1) is 12.0 Å². The van der Waals surface area contributed by atoms with Gasteiger partial charge in [0.1, 0.15) is 21.0 Å². The van der Waals surface area contributed by atoms with E-state index in [-0.39, 0.29) is 9.10 Å². The average molecular weight is 470 g/mol. The van der Waals surface area contributed by atoms with Crippen LogP contribution in [0.2, 0.25) is 0 Å². The number of hydrogen-bond donors (Lipinski definition) is 1. The molecule has 0 aliphatic heterocycles. The van der Waals surface area contributed by atoms with Crippen LogP contribution in [0.5, 0.6) is 5.75 Å². The lowest BCUT2D eigenvalue weighted by Gasteiger charge is -2.19. The van der Waals surface area contributed by atoms with Gasteiger partial charge in [0.15, 0.2) is 9.84 Å². The van der Waals surface area contributed by atoms with Crippen LogP contribution in [0.1, 0.15) is 16.4 Å². The minimum Gasteiger partial charge on any atom is -0.497 e. The van der Waals surface area contributed by atoms with Crippen molar-refractivity contribution in [1.29, 1.82) is 0 Å². The molecule has 0 saturated heterocycles. The number of aryl methyl sites for hydroxylation is 1. The van der Waals surface area contributed by atoms with Gasteiger partial charge in [0, 0.05) is 6.54 Å². The first-order chi connectivity index (χ1) is 14.1. The second-order valence-corrected chi connectivity index (χ2v) is 11.5. The minimum absolute atomic E-state index is 0.0228. The summed E-state index contributed by atoms with van der Waals surface area (Å²) in [6.07, 6.45) is 0. The molecule has 0 radical (unpaired) electrons. The molecule has 0 aliphatic rings. The summed E-state index contributed by atoms with van der Waals surface area (Å²) in [5, 5.41) is 0.407. The molecule has 0 bridgehead atoms. The number of thiophene rings is 1. The highest BCUT2D eigenvalue weighted by molar-refractivity contribution is 7.93. The zero-order valence-corrected chi connectivity index (χ0v) is 18.7. The maximum Gasteiger partial charge on any atom is 0.240 e. The topological polar surface area (TPSA) is 89.5 Å². The van der Waals surface area contributed by atoms with Gasteiger partial charge in [-0.3, -0.25) is 0 Å². The lowest BCUT2D eigenvalue weighted by atomic mass is 10.1. The fraction of sp³-hybridized carbons (Fsp3) is 0.200. The molecule has 1 unspecified atom stereocenters. The number of sulfone groups is 1. The molecule has 0 amide bonds. The Hall–Kier alpha value is -2.27. The van der Waals surface area contributed by atoms with Crippen molar-refractivity contribution in [2.75, 3.05) is 13.7 Å². The number of sulfonamides is 1. The maximum absolute atomic E-state index is 13.4. The molecule has 0 saturated carbocycles. The van der Waals surface area contributed by atoms with Crippen molar-refractivity contribution in [3.05, 3.63) is 76.9 Å². The fourth-order valence-electron chi connectivity index (χ4n) is 2.96. The quantitative estimate of drug-likeness (QED) is 0.543. The molecule has 1 N–H and O–H groups in total.